The molecule has 0 atom stereocenters. The predicted octanol–water partition coefficient (Wildman–Crippen LogP) is -1.26. The van der Waals surface area contributed by atoms with Crippen LogP contribution in [0.1, 0.15) is 5.69 Å². The summed E-state index contributed by atoms with van der Waals surface area (Å²) in [5, 5.41) is 9.87. The van der Waals surface area contributed by atoms with Gasteiger partial charge in [0.25, 0.3) is 0 Å². The van der Waals surface area contributed by atoms with E-state index in [-0.39, 0.29) is 24.8 Å². The number of hydrogen-bond donors (Lipinski definition) is 1. The molecule has 1 N–H and O–H groups in total. The van der Waals surface area contributed by atoms with Crippen LogP contribution in [-0.2, 0) is 27.3 Å². The molecule has 1 rings (SSSR count). The number of rotatable bonds is 4. The average molecular weight is 212 g/mol. The van der Waals surface area contributed by atoms with Gasteiger partial charge in [-0.25, -0.2) is 4.68 Å². The molecule has 0 saturated carbocycles. The van der Waals surface area contributed by atoms with Crippen molar-refractivity contribution in [2.24, 2.45) is 0 Å². The zero-order chi connectivity index (χ0) is 11.3. The number of amides is 1. The van der Waals surface area contributed by atoms with Crippen molar-refractivity contribution < 1.29 is 14.3 Å². The number of nitrogens with one attached hydrogen (secondary N) is 1. The second-order valence-corrected chi connectivity index (χ2v) is 2.83. The normalized spacial score (nSPS) is 9.73. The summed E-state index contributed by atoms with van der Waals surface area (Å²) in [6.45, 7) is 0.0880. The number of hydrogen-bond acceptors (Lipinski definition) is 5. The summed E-state index contributed by atoms with van der Waals surface area (Å²) < 4.78 is 5.83. The highest BCUT2D eigenvalue weighted by Gasteiger charge is 2.08. The average Bonchev–Trinajstić information content (AvgIpc) is 2.65. The maximum atomic E-state index is 11.0. The third-order valence-corrected chi connectivity index (χ3v) is 1.72. The maximum absolute atomic E-state index is 11.0. The van der Waals surface area contributed by atoms with Gasteiger partial charge >= 0.3 is 5.97 Å². The van der Waals surface area contributed by atoms with Gasteiger partial charge < -0.3 is 10.1 Å². The van der Waals surface area contributed by atoms with Crippen molar-refractivity contribution in [3.63, 3.8) is 0 Å². The Morgan fingerprint density at radius 2 is 2.33 bits per heavy atom. The van der Waals surface area contributed by atoms with Crippen molar-refractivity contribution in [3.05, 3.63) is 11.9 Å². The molecule has 0 spiro atoms. The molecule has 15 heavy (non-hydrogen) atoms. The molecule has 1 amide bonds. The SMILES string of the molecule is CNC(=O)Cn1cc(CC(=O)OC)nn1. The van der Waals surface area contributed by atoms with Crippen LogP contribution in [0.4, 0.5) is 0 Å². The highest BCUT2D eigenvalue weighted by atomic mass is 16.5. The first-order valence-electron chi connectivity index (χ1n) is 4.32. The van der Waals surface area contributed by atoms with Crippen molar-refractivity contribution in [2.45, 2.75) is 13.0 Å². The lowest BCUT2D eigenvalue weighted by Crippen LogP contribution is -2.23. The number of carbonyl (C=O) groups is 2. The monoisotopic (exact) mass is 212 g/mol. The lowest BCUT2D eigenvalue weighted by atomic mass is 10.3. The fraction of sp³-hybridized carbons (Fsp3) is 0.500. The number of esters is 1. The van der Waals surface area contributed by atoms with Gasteiger partial charge in [-0.2, -0.15) is 0 Å². The van der Waals surface area contributed by atoms with Crippen molar-refractivity contribution in [3.8, 4) is 0 Å². The maximum Gasteiger partial charge on any atom is 0.311 e. The van der Waals surface area contributed by atoms with Gasteiger partial charge in [0.15, 0.2) is 0 Å². The van der Waals surface area contributed by atoms with E-state index in [1.807, 2.05) is 0 Å². The molecule has 0 aliphatic heterocycles. The smallest absolute Gasteiger partial charge is 0.311 e. The van der Waals surface area contributed by atoms with Gasteiger partial charge in [0.05, 0.1) is 19.2 Å². The van der Waals surface area contributed by atoms with Gasteiger partial charge in [-0.1, -0.05) is 5.21 Å². The van der Waals surface area contributed by atoms with Crippen molar-refractivity contribution in [1.29, 1.82) is 0 Å². The van der Waals surface area contributed by atoms with E-state index in [4.69, 9.17) is 0 Å². The summed E-state index contributed by atoms with van der Waals surface area (Å²) in [6, 6.07) is 0. The minimum absolute atomic E-state index is 0.0598. The summed E-state index contributed by atoms with van der Waals surface area (Å²) in [6.07, 6.45) is 1.59. The van der Waals surface area contributed by atoms with Crippen LogP contribution in [0.5, 0.6) is 0 Å². The number of aromatic nitrogens is 3. The van der Waals surface area contributed by atoms with Crippen molar-refractivity contribution >= 4 is 11.9 Å². The molecule has 0 saturated heterocycles. The highest BCUT2D eigenvalue weighted by molar-refractivity contribution is 5.75. The Labute approximate surface area is 86.4 Å². The molecular formula is C8H12N4O3. The van der Waals surface area contributed by atoms with E-state index in [0.717, 1.165) is 0 Å². The van der Waals surface area contributed by atoms with Crippen LogP contribution in [0.2, 0.25) is 0 Å². The van der Waals surface area contributed by atoms with Gasteiger partial charge in [0, 0.05) is 13.2 Å². The lowest BCUT2D eigenvalue weighted by Gasteiger charge is -1.97. The zero-order valence-electron chi connectivity index (χ0n) is 8.56. The Bertz CT molecular complexity index is 328. The van der Waals surface area contributed by atoms with Gasteiger partial charge in [0.1, 0.15) is 6.54 Å². The third-order valence-electron chi connectivity index (χ3n) is 1.72. The first-order valence-corrected chi connectivity index (χ1v) is 4.32. The Morgan fingerprint density at radius 1 is 1.60 bits per heavy atom. The predicted molar refractivity (Wildman–Crippen MR) is 49.8 cm³/mol. The fourth-order valence-corrected chi connectivity index (χ4v) is 0.943. The molecule has 1 heterocycles. The largest absolute Gasteiger partial charge is 0.469 e. The van der Waals surface area contributed by atoms with Crippen LogP contribution in [0, 0.1) is 0 Å². The van der Waals surface area contributed by atoms with Crippen molar-refractivity contribution in [1.82, 2.24) is 20.3 Å². The molecule has 82 valence electrons. The Morgan fingerprint density at radius 3 is 2.93 bits per heavy atom. The van der Waals surface area contributed by atoms with E-state index in [1.54, 1.807) is 0 Å². The Hall–Kier alpha value is -1.92. The van der Waals surface area contributed by atoms with Crippen LogP contribution < -0.4 is 5.32 Å². The van der Waals surface area contributed by atoms with Gasteiger partial charge in [-0.05, 0) is 0 Å². The lowest BCUT2D eigenvalue weighted by molar-refractivity contribution is -0.139. The molecule has 7 nitrogen and oxygen atoms in total. The van der Waals surface area contributed by atoms with Gasteiger partial charge in [-0.15, -0.1) is 5.10 Å². The third kappa shape index (κ3) is 3.37. The molecule has 7 heteroatoms. The molecular weight excluding hydrogens is 200 g/mol. The molecule has 0 radical (unpaired) electrons. The summed E-state index contributed by atoms with van der Waals surface area (Å²) in [5.74, 6) is -0.563. The Balaban J connectivity index is 2.56. The van der Waals surface area contributed by atoms with E-state index in [9.17, 15) is 9.59 Å². The molecule has 0 bridgehead atoms. The van der Waals surface area contributed by atoms with E-state index in [2.05, 4.69) is 20.4 Å². The minimum Gasteiger partial charge on any atom is -0.469 e. The molecule has 0 aliphatic rings. The first-order chi connectivity index (χ1) is 7.15. The number of likely N-dealkylation sites (N-methyl/N-ethyl adjacent to an activating group) is 1. The van der Waals surface area contributed by atoms with E-state index >= 15 is 0 Å². The molecule has 0 aromatic carbocycles. The van der Waals surface area contributed by atoms with Gasteiger partial charge in [0.2, 0.25) is 5.91 Å². The molecule has 0 unspecified atom stereocenters. The van der Waals surface area contributed by atoms with Crippen LogP contribution in [-0.4, -0.2) is 41.0 Å². The summed E-state index contributed by atoms with van der Waals surface area (Å²) in [4.78, 5) is 21.9. The number of nitrogens with zero attached hydrogens (tertiary/aromatic N) is 3. The van der Waals surface area contributed by atoms with Crippen LogP contribution in [0.3, 0.4) is 0 Å². The Kier molecular flexibility index (Phi) is 3.78. The molecule has 0 aliphatic carbocycles. The first kappa shape index (κ1) is 11.2. The summed E-state index contributed by atoms with van der Waals surface area (Å²) in [5.41, 5.74) is 0.478. The molecule has 1 aromatic rings. The van der Waals surface area contributed by atoms with Crippen LogP contribution in [0.25, 0.3) is 0 Å². The second kappa shape index (κ2) is 5.08. The second-order valence-electron chi connectivity index (χ2n) is 2.83. The summed E-state index contributed by atoms with van der Waals surface area (Å²) in [7, 11) is 2.84. The summed E-state index contributed by atoms with van der Waals surface area (Å²) >= 11 is 0. The number of methoxy groups -OCH3 is 1. The highest BCUT2D eigenvalue weighted by Crippen LogP contribution is 1.95. The van der Waals surface area contributed by atoms with Crippen molar-refractivity contribution in [2.75, 3.05) is 14.2 Å². The standard InChI is InChI=1S/C8H12N4O3/c1-9-7(13)5-12-4-6(10-11-12)3-8(14)15-2/h4H,3,5H2,1-2H3,(H,9,13). The quantitative estimate of drug-likeness (QED) is 0.629. The zero-order valence-corrected chi connectivity index (χ0v) is 8.56. The number of carbonyl (C=O) groups excluding carboxylic acids is 2. The topological polar surface area (TPSA) is 86.1 Å². The molecule has 1 aromatic heterocycles. The minimum atomic E-state index is -0.387. The van der Waals surface area contributed by atoms with Crippen LogP contribution >= 0.6 is 0 Å². The van der Waals surface area contributed by atoms with E-state index in [0.29, 0.717) is 5.69 Å². The molecule has 0 fully saturated rings. The fourth-order valence-electron chi connectivity index (χ4n) is 0.943. The van der Waals surface area contributed by atoms with E-state index in [1.165, 1.54) is 25.0 Å². The number of ether oxygens (including phenoxy) is 1. The van der Waals surface area contributed by atoms with E-state index < -0.39 is 0 Å². The van der Waals surface area contributed by atoms with Crippen LogP contribution in [0.15, 0.2) is 6.20 Å². The van der Waals surface area contributed by atoms with Gasteiger partial charge in [-0.3, -0.25) is 9.59 Å².